The number of hydrogen-bond donors (Lipinski definition) is 2. The summed E-state index contributed by atoms with van der Waals surface area (Å²) in [5.41, 5.74) is 2.52. The molecule has 3 aromatic rings. The quantitative estimate of drug-likeness (QED) is 0.710. The number of fused-ring (bicyclic) bond motifs is 1. The Hall–Kier alpha value is -2.83. The van der Waals surface area contributed by atoms with Crippen molar-refractivity contribution in [1.82, 2.24) is 20.2 Å². The molecule has 0 saturated heterocycles. The van der Waals surface area contributed by atoms with Crippen LogP contribution in [0.3, 0.4) is 0 Å². The molecule has 1 amide bonds. The van der Waals surface area contributed by atoms with Gasteiger partial charge < -0.3 is 19.9 Å². The maximum absolute atomic E-state index is 12.5. The normalized spacial score (nSPS) is 13.1. The lowest BCUT2D eigenvalue weighted by Crippen LogP contribution is -2.32. The summed E-state index contributed by atoms with van der Waals surface area (Å²) in [6.07, 6.45) is 1.66. The summed E-state index contributed by atoms with van der Waals surface area (Å²) in [5.74, 6) is 1.19. The second kappa shape index (κ2) is 7.82. The summed E-state index contributed by atoms with van der Waals surface area (Å²) in [7, 11) is 0. The zero-order valence-corrected chi connectivity index (χ0v) is 15.4. The van der Waals surface area contributed by atoms with Crippen molar-refractivity contribution in [2.75, 3.05) is 6.54 Å². The number of pyridine rings is 1. The standard InChI is InChI=1S/C20H19ClN4O2/c21-14-2-1-3-17(10-14)27-18-6-7-23-15(11-18)12-24-20(26)19-5-4-16-13-22-8-9-25(16)19/h1-7,10-11,22H,8-9,12-13H2,(H,24,26). The minimum Gasteiger partial charge on any atom is -0.457 e. The third-order valence-corrected chi connectivity index (χ3v) is 4.61. The van der Waals surface area contributed by atoms with Crippen molar-refractivity contribution in [2.24, 2.45) is 0 Å². The molecule has 0 fully saturated rings. The van der Waals surface area contributed by atoms with Crippen LogP contribution in [-0.4, -0.2) is 22.0 Å². The van der Waals surface area contributed by atoms with E-state index in [0.29, 0.717) is 28.8 Å². The number of halogens is 1. The fourth-order valence-electron chi connectivity index (χ4n) is 3.08. The van der Waals surface area contributed by atoms with Gasteiger partial charge in [0, 0.05) is 42.6 Å². The number of carbonyl (C=O) groups is 1. The molecule has 1 aromatic carbocycles. The Labute approximate surface area is 162 Å². The predicted molar refractivity (Wildman–Crippen MR) is 103 cm³/mol. The van der Waals surface area contributed by atoms with Crippen molar-refractivity contribution in [3.05, 3.63) is 76.8 Å². The molecule has 2 N–H and O–H groups in total. The molecule has 2 aromatic heterocycles. The van der Waals surface area contributed by atoms with Crippen molar-refractivity contribution in [1.29, 1.82) is 0 Å². The lowest BCUT2D eigenvalue weighted by atomic mass is 10.3. The van der Waals surface area contributed by atoms with Crippen LogP contribution in [0.15, 0.2) is 54.7 Å². The van der Waals surface area contributed by atoms with E-state index in [1.165, 1.54) is 0 Å². The minimum atomic E-state index is -0.105. The van der Waals surface area contributed by atoms with Crippen LogP contribution in [0.4, 0.5) is 0 Å². The number of aromatic nitrogens is 2. The third-order valence-electron chi connectivity index (χ3n) is 4.37. The van der Waals surface area contributed by atoms with E-state index in [0.717, 1.165) is 31.0 Å². The Morgan fingerprint density at radius 3 is 3.00 bits per heavy atom. The Bertz CT molecular complexity index is 970. The summed E-state index contributed by atoms with van der Waals surface area (Å²) < 4.78 is 7.86. The molecule has 3 heterocycles. The van der Waals surface area contributed by atoms with Gasteiger partial charge in [0.15, 0.2) is 0 Å². The average molecular weight is 383 g/mol. The first-order chi connectivity index (χ1) is 13.2. The molecule has 0 radical (unpaired) electrons. The molecule has 1 aliphatic heterocycles. The summed E-state index contributed by atoms with van der Waals surface area (Å²) >= 11 is 5.98. The van der Waals surface area contributed by atoms with Crippen molar-refractivity contribution in [3.8, 4) is 11.5 Å². The third kappa shape index (κ3) is 4.13. The molecule has 0 spiro atoms. The second-order valence-electron chi connectivity index (χ2n) is 6.26. The van der Waals surface area contributed by atoms with Crippen LogP contribution in [0.5, 0.6) is 11.5 Å². The molecular weight excluding hydrogens is 364 g/mol. The van der Waals surface area contributed by atoms with Gasteiger partial charge in [-0.3, -0.25) is 9.78 Å². The van der Waals surface area contributed by atoms with E-state index < -0.39 is 0 Å². The van der Waals surface area contributed by atoms with Crippen LogP contribution in [-0.2, 0) is 19.6 Å². The summed E-state index contributed by atoms with van der Waals surface area (Å²) in [5, 5.41) is 6.84. The van der Waals surface area contributed by atoms with Gasteiger partial charge >= 0.3 is 0 Å². The van der Waals surface area contributed by atoms with E-state index in [2.05, 4.69) is 20.2 Å². The van der Waals surface area contributed by atoms with E-state index in [9.17, 15) is 4.79 Å². The van der Waals surface area contributed by atoms with Gasteiger partial charge in [0.25, 0.3) is 5.91 Å². The lowest BCUT2D eigenvalue weighted by Gasteiger charge is -2.18. The molecule has 0 aliphatic carbocycles. The molecule has 0 unspecified atom stereocenters. The first kappa shape index (κ1) is 17.6. The lowest BCUT2D eigenvalue weighted by molar-refractivity contribution is 0.0940. The highest BCUT2D eigenvalue weighted by Crippen LogP contribution is 2.24. The number of rotatable bonds is 5. The maximum Gasteiger partial charge on any atom is 0.268 e. The fourth-order valence-corrected chi connectivity index (χ4v) is 3.26. The summed E-state index contributed by atoms with van der Waals surface area (Å²) in [4.78, 5) is 16.8. The van der Waals surface area contributed by atoms with Gasteiger partial charge in [-0.05, 0) is 36.4 Å². The predicted octanol–water partition coefficient (Wildman–Crippen LogP) is 3.36. The monoisotopic (exact) mass is 382 g/mol. The molecule has 27 heavy (non-hydrogen) atoms. The molecule has 0 saturated carbocycles. The Kier molecular flexibility index (Phi) is 5.09. The van der Waals surface area contributed by atoms with Crippen LogP contribution in [0.2, 0.25) is 5.02 Å². The number of nitrogens with zero attached hydrogens (tertiary/aromatic N) is 2. The van der Waals surface area contributed by atoms with E-state index in [-0.39, 0.29) is 5.91 Å². The largest absolute Gasteiger partial charge is 0.457 e. The molecule has 0 bridgehead atoms. The van der Waals surface area contributed by atoms with E-state index in [4.69, 9.17) is 16.3 Å². The van der Waals surface area contributed by atoms with Crippen LogP contribution >= 0.6 is 11.6 Å². The molecule has 4 rings (SSSR count). The van der Waals surface area contributed by atoms with Crippen molar-refractivity contribution >= 4 is 17.5 Å². The van der Waals surface area contributed by atoms with Gasteiger partial charge in [-0.2, -0.15) is 0 Å². The molecule has 138 valence electrons. The van der Waals surface area contributed by atoms with Crippen LogP contribution in [0.1, 0.15) is 21.9 Å². The first-order valence-corrected chi connectivity index (χ1v) is 9.12. The number of amides is 1. The van der Waals surface area contributed by atoms with Crippen LogP contribution in [0.25, 0.3) is 0 Å². The summed E-state index contributed by atoms with van der Waals surface area (Å²) in [6, 6.07) is 14.6. The topological polar surface area (TPSA) is 68.2 Å². The van der Waals surface area contributed by atoms with E-state index >= 15 is 0 Å². The van der Waals surface area contributed by atoms with Gasteiger partial charge in [-0.1, -0.05) is 17.7 Å². The number of hydrogen-bond acceptors (Lipinski definition) is 4. The van der Waals surface area contributed by atoms with Gasteiger partial charge in [0.1, 0.15) is 17.2 Å². The number of carbonyl (C=O) groups excluding carboxylic acids is 1. The van der Waals surface area contributed by atoms with Gasteiger partial charge in [0.2, 0.25) is 0 Å². The molecule has 6 nitrogen and oxygen atoms in total. The highest BCUT2D eigenvalue weighted by molar-refractivity contribution is 6.30. The van der Waals surface area contributed by atoms with Gasteiger partial charge in [-0.25, -0.2) is 0 Å². The highest BCUT2D eigenvalue weighted by atomic mass is 35.5. The molecule has 1 aliphatic rings. The molecule has 0 atom stereocenters. The average Bonchev–Trinajstić information content (AvgIpc) is 3.11. The van der Waals surface area contributed by atoms with Crippen molar-refractivity contribution < 1.29 is 9.53 Å². The van der Waals surface area contributed by atoms with Crippen molar-refractivity contribution in [2.45, 2.75) is 19.6 Å². The Balaban J connectivity index is 1.41. The number of ether oxygens (including phenoxy) is 1. The second-order valence-corrected chi connectivity index (χ2v) is 6.70. The zero-order valence-electron chi connectivity index (χ0n) is 14.6. The number of nitrogens with one attached hydrogen (secondary N) is 2. The zero-order chi connectivity index (χ0) is 18.6. The van der Waals surface area contributed by atoms with E-state index in [1.54, 1.807) is 30.5 Å². The smallest absolute Gasteiger partial charge is 0.268 e. The Morgan fingerprint density at radius 2 is 2.11 bits per heavy atom. The van der Waals surface area contributed by atoms with Gasteiger partial charge in [-0.15, -0.1) is 0 Å². The van der Waals surface area contributed by atoms with Crippen LogP contribution in [0, 0.1) is 0 Å². The van der Waals surface area contributed by atoms with Crippen LogP contribution < -0.4 is 15.4 Å². The SMILES string of the molecule is O=C(NCc1cc(Oc2cccc(Cl)c2)ccn1)c1ccc2n1CCNC2. The molecular formula is C20H19ClN4O2. The minimum absolute atomic E-state index is 0.105. The maximum atomic E-state index is 12.5. The first-order valence-electron chi connectivity index (χ1n) is 8.75. The number of benzene rings is 1. The highest BCUT2D eigenvalue weighted by Gasteiger charge is 2.17. The fraction of sp³-hybridized carbons (Fsp3) is 0.200. The van der Waals surface area contributed by atoms with E-state index in [1.807, 2.05) is 24.3 Å². The van der Waals surface area contributed by atoms with Crippen molar-refractivity contribution in [3.63, 3.8) is 0 Å². The van der Waals surface area contributed by atoms with Gasteiger partial charge in [0.05, 0.1) is 12.2 Å². The molecule has 7 heteroatoms. The summed E-state index contributed by atoms with van der Waals surface area (Å²) in [6.45, 7) is 2.78. The Morgan fingerprint density at radius 1 is 1.22 bits per heavy atom.